The van der Waals surface area contributed by atoms with Crippen LogP contribution in [0.25, 0.3) is 0 Å². The van der Waals surface area contributed by atoms with Crippen molar-refractivity contribution in [2.45, 2.75) is 12.8 Å². The van der Waals surface area contributed by atoms with E-state index in [1.165, 1.54) is 18.2 Å². The number of carbonyl (C=O) groups excluding carboxylic acids is 2. The van der Waals surface area contributed by atoms with Gasteiger partial charge in [-0.15, -0.1) is 0 Å². The highest BCUT2D eigenvalue weighted by Gasteiger charge is 2.21. The summed E-state index contributed by atoms with van der Waals surface area (Å²) < 4.78 is 0. The Morgan fingerprint density at radius 3 is 2.25 bits per heavy atom. The molecular formula is C22H18N2O4. The van der Waals surface area contributed by atoms with Crippen molar-refractivity contribution >= 4 is 23.1 Å². The highest BCUT2D eigenvalue weighted by Crippen LogP contribution is 2.26. The van der Waals surface area contributed by atoms with Gasteiger partial charge in [-0.2, -0.15) is 0 Å². The Labute approximate surface area is 162 Å². The number of rotatable bonds is 6. The number of nitro groups is 1. The van der Waals surface area contributed by atoms with Crippen LogP contribution in [-0.4, -0.2) is 16.6 Å². The van der Waals surface area contributed by atoms with Crippen molar-refractivity contribution in [2.75, 3.05) is 5.32 Å². The minimum atomic E-state index is -0.594. The van der Waals surface area contributed by atoms with Crippen LogP contribution in [0.15, 0.2) is 78.9 Å². The maximum absolute atomic E-state index is 12.6. The lowest BCUT2D eigenvalue weighted by atomic mass is 9.95. The second kappa shape index (κ2) is 8.26. The quantitative estimate of drug-likeness (QED) is 0.389. The number of anilines is 1. The number of hydrogen-bond donors (Lipinski definition) is 1. The molecule has 0 radical (unpaired) electrons. The van der Waals surface area contributed by atoms with Crippen molar-refractivity contribution in [3.63, 3.8) is 0 Å². The third-order valence-electron chi connectivity index (χ3n) is 4.44. The van der Waals surface area contributed by atoms with E-state index in [1.807, 2.05) is 6.07 Å². The van der Waals surface area contributed by atoms with Crippen LogP contribution in [0, 0.1) is 10.1 Å². The summed E-state index contributed by atoms with van der Waals surface area (Å²) in [6, 6.07) is 21.7. The summed E-state index contributed by atoms with van der Waals surface area (Å²) >= 11 is 0. The molecule has 0 unspecified atom stereocenters. The number of benzene rings is 3. The molecule has 1 amide bonds. The Bertz CT molecular complexity index is 1030. The van der Waals surface area contributed by atoms with Crippen LogP contribution in [-0.2, 0) is 4.79 Å². The molecule has 1 atom stereocenters. The molecule has 0 aromatic heterocycles. The summed E-state index contributed by atoms with van der Waals surface area (Å²) in [6.45, 7) is 1.69. The Hall–Kier alpha value is -3.80. The second-order valence-corrected chi connectivity index (χ2v) is 6.31. The van der Waals surface area contributed by atoms with E-state index in [-0.39, 0.29) is 17.2 Å². The number of nitrogens with zero attached hydrogens (tertiary/aromatic N) is 1. The lowest BCUT2D eigenvalue weighted by Gasteiger charge is -2.14. The van der Waals surface area contributed by atoms with Crippen molar-refractivity contribution < 1.29 is 14.5 Å². The molecule has 140 valence electrons. The minimum absolute atomic E-state index is 0.131. The van der Waals surface area contributed by atoms with Gasteiger partial charge in [0.2, 0.25) is 5.91 Å². The molecule has 3 aromatic rings. The highest BCUT2D eigenvalue weighted by atomic mass is 16.6. The Morgan fingerprint density at radius 1 is 0.893 bits per heavy atom. The SMILES string of the molecule is C[C@@H](C(=O)Nc1ccccc1[N+](=O)[O-])c1cccc(C(=O)c2ccccc2)c1. The number of amides is 1. The predicted octanol–water partition coefficient (Wildman–Crippen LogP) is 4.57. The van der Waals surface area contributed by atoms with E-state index in [9.17, 15) is 19.7 Å². The molecule has 0 fully saturated rings. The largest absolute Gasteiger partial charge is 0.320 e. The fourth-order valence-electron chi connectivity index (χ4n) is 2.84. The number of nitrogens with one attached hydrogen (secondary N) is 1. The first kappa shape index (κ1) is 19.0. The fourth-order valence-corrected chi connectivity index (χ4v) is 2.84. The van der Waals surface area contributed by atoms with E-state index >= 15 is 0 Å². The van der Waals surface area contributed by atoms with Gasteiger partial charge in [-0.25, -0.2) is 0 Å². The van der Waals surface area contributed by atoms with Gasteiger partial charge >= 0.3 is 0 Å². The number of nitro benzene ring substituents is 1. The van der Waals surface area contributed by atoms with Crippen LogP contribution in [0.3, 0.4) is 0 Å². The summed E-state index contributed by atoms with van der Waals surface area (Å²) in [5.41, 5.74) is 1.67. The van der Waals surface area contributed by atoms with Crippen LogP contribution in [0.2, 0.25) is 0 Å². The first-order valence-corrected chi connectivity index (χ1v) is 8.71. The molecule has 3 aromatic carbocycles. The third kappa shape index (κ3) is 4.12. The first-order chi connectivity index (χ1) is 13.5. The normalized spacial score (nSPS) is 11.5. The molecule has 0 heterocycles. The van der Waals surface area contributed by atoms with Crippen LogP contribution in [0.4, 0.5) is 11.4 Å². The van der Waals surface area contributed by atoms with Gasteiger partial charge in [0, 0.05) is 17.2 Å². The second-order valence-electron chi connectivity index (χ2n) is 6.31. The molecule has 0 bridgehead atoms. The Balaban J connectivity index is 1.81. The lowest BCUT2D eigenvalue weighted by molar-refractivity contribution is -0.383. The van der Waals surface area contributed by atoms with Gasteiger partial charge in [0.1, 0.15) is 5.69 Å². The van der Waals surface area contributed by atoms with Gasteiger partial charge in [0.15, 0.2) is 5.78 Å². The zero-order valence-electron chi connectivity index (χ0n) is 15.2. The van der Waals surface area contributed by atoms with Gasteiger partial charge in [-0.3, -0.25) is 19.7 Å². The van der Waals surface area contributed by atoms with Crippen LogP contribution < -0.4 is 5.32 Å². The van der Waals surface area contributed by atoms with Gasteiger partial charge in [-0.05, 0) is 24.6 Å². The number of ketones is 1. The summed E-state index contributed by atoms with van der Waals surface area (Å²) in [5, 5.41) is 13.7. The van der Waals surface area contributed by atoms with Crippen molar-refractivity contribution in [1.29, 1.82) is 0 Å². The Morgan fingerprint density at radius 2 is 1.54 bits per heavy atom. The van der Waals surface area contributed by atoms with E-state index in [1.54, 1.807) is 61.5 Å². The van der Waals surface area contributed by atoms with Crippen LogP contribution in [0.5, 0.6) is 0 Å². The molecular weight excluding hydrogens is 356 g/mol. The molecule has 28 heavy (non-hydrogen) atoms. The highest BCUT2D eigenvalue weighted by molar-refractivity contribution is 6.09. The molecule has 6 heteroatoms. The molecule has 0 aliphatic heterocycles. The van der Waals surface area contributed by atoms with Crippen molar-refractivity contribution in [1.82, 2.24) is 0 Å². The van der Waals surface area contributed by atoms with Gasteiger partial charge in [0.05, 0.1) is 10.8 Å². The molecule has 3 rings (SSSR count). The van der Waals surface area contributed by atoms with Gasteiger partial charge in [-0.1, -0.05) is 60.7 Å². The van der Waals surface area contributed by atoms with Gasteiger partial charge in [0.25, 0.3) is 5.69 Å². The topological polar surface area (TPSA) is 89.3 Å². The Kier molecular flexibility index (Phi) is 5.60. The average Bonchev–Trinajstić information content (AvgIpc) is 2.73. The van der Waals surface area contributed by atoms with Crippen molar-refractivity contribution in [3.8, 4) is 0 Å². The summed E-state index contributed by atoms with van der Waals surface area (Å²) in [5.74, 6) is -1.12. The molecule has 0 aliphatic carbocycles. The fraction of sp³-hybridized carbons (Fsp3) is 0.0909. The van der Waals surface area contributed by atoms with E-state index in [2.05, 4.69) is 5.32 Å². The van der Waals surface area contributed by atoms with E-state index in [0.29, 0.717) is 16.7 Å². The molecule has 1 N–H and O–H groups in total. The first-order valence-electron chi connectivity index (χ1n) is 8.71. The molecule has 0 saturated heterocycles. The smallest absolute Gasteiger partial charge is 0.292 e. The van der Waals surface area contributed by atoms with E-state index < -0.39 is 16.7 Å². The van der Waals surface area contributed by atoms with Crippen molar-refractivity contribution in [3.05, 3.63) is 106 Å². The number of hydrogen-bond acceptors (Lipinski definition) is 4. The summed E-state index contributed by atoms with van der Waals surface area (Å²) in [7, 11) is 0. The molecule has 0 aliphatic rings. The predicted molar refractivity (Wildman–Crippen MR) is 106 cm³/mol. The third-order valence-corrected chi connectivity index (χ3v) is 4.44. The lowest BCUT2D eigenvalue weighted by Crippen LogP contribution is -2.19. The minimum Gasteiger partial charge on any atom is -0.320 e. The molecule has 0 saturated carbocycles. The van der Waals surface area contributed by atoms with Crippen LogP contribution >= 0.6 is 0 Å². The maximum atomic E-state index is 12.6. The standard InChI is InChI=1S/C22H18N2O4/c1-15(22(26)23-19-12-5-6-13-20(19)24(27)28)17-10-7-11-18(14-17)21(25)16-8-3-2-4-9-16/h2-15H,1H3,(H,23,26)/t15-/m1/s1. The summed E-state index contributed by atoms with van der Waals surface area (Å²) in [4.78, 5) is 35.8. The molecule has 0 spiro atoms. The van der Waals surface area contributed by atoms with E-state index in [4.69, 9.17) is 0 Å². The average molecular weight is 374 g/mol. The van der Waals surface area contributed by atoms with E-state index in [0.717, 1.165) is 0 Å². The number of carbonyl (C=O) groups is 2. The zero-order chi connectivity index (χ0) is 20.1. The summed E-state index contributed by atoms with van der Waals surface area (Å²) in [6.07, 6.45) is 0. The van der Waals surface area contributed by atoms with Gasteiger partial charge < -0.3 is 5.32 Å². The number of para-hydroxylation sites is 2. The van der Waals surface area contributed by atoms with Crippen molar-refractivity contribution in [2.24, 2.45) is 0 Å². The van der Waals surface area contributed by atoms with Crippen LogP contribution in [0.1, 0.15) is 34.3 Å². The maximum Gasteiger partial charge on any atom is 0.292 e. The zero-order valence-corrected chi connectivity index (χ0v) is 15.2. The monoisotopic (exact) mass is 374 g/mol. The molecule has 6 nitrogen and oxygen atoms in total.